The highest BCUT2D eigenvalue weighted by molar-refractivity contribution is 8.15. The van der Waals surface area contributed by atoms with E-state index in [0.717, 1.165) is 50.4 Å². The molecule has 40 heavy (non-hydrogen) atoms. The van der Waals surface area contributed by atoms with Gasteiger partial charge in [0.25, 0.3) is 5.24 Å². The zero-order valence-corrected chi connectivity index (χ0v) is 23.0. The minimum absolute atomic E-state index is 0.00703. The lowest BCUT2D eigenvalue weighted by Crippen LogP contribution is -2.27. The van der Waals surface area contributed by atoms with Crippen LogP contribution in [0.2, 0.25) is 0 Å². The average molecular weight is 553 g/mol. The van der Waals surface area contributed by atoms with Gasteiger partial charge < -0.3 is 9.64 Å². The van der Waals surface area contributed by atoms with Crippen molar-refractivity contribution in [2.75, 3.05) is 14.2 Å². The summed E-state index contributed by atoms with van der Waals surface area (Å²) in [5.41, 5.74) is 5.47. The van der Waals surface area contributed by atoms with Crippen LogP contribution in [0.3, 0.4) is 0 Å². The Morgan fingerprint density at radius 1 is 0.850 bits per heavy atom. The highest BCUT2D eigenvalue weighted by Gasteiger charge is 2.31. The molecule has 8 heteroatoms. The third kappa shape index (κ3) is 6.24. The third-order valence-corrected chi connectivity index (χ3v) is 7.91. The minimum atomic E-state index is -0.385. The van der Waals surface area contributed by atoms with Gasteiger partial charge >= 0.3 is 5.97 Å². The number of thioether (sulfide) groups is 1. The van der Waals surface area contributed by atoms with Gasteiger partial charge in [0.2, 0.25) is 11.8 Å². The first-order chi connectivity index (χ1) is 19.3. The van der Waals surface area contributed by atoms with Crippen LogP contribution in [0.5, 0.6) is 0 Å². The molecular formula is C32H28N2O5S. The van der Waals surface area contributed by atoms with E-state index in [1.807, 2.05) is 66.7 Å². The summed E-state index contributed by atoms with van der Waals surface area (Å²) in [6.45, 7) is 0.475. The first kappa shape index (κ1) is 27.1. The molecule has 1 heterocycles. The summed E-state index contributed by atoms with van der Waals surface area (Å²) in [4.78, 5) is 49.8. The van der Waals surface area contributed by atoms with Crippen molar-refractivity contribution < 1.29 is 23.9 Å². The van der Waals surface area contributed by atoms with Crippen molar-refractivity contribution in [2.45, 2.75) is 24.6 Å². The Morgan fingerprint density at radius 3 is 2.30 bits per heavy atom. The second kappa shape index (κ2) is 11.8. The number of likely N-dealkylation sites (N-methyl/N-ethyl adjacent to an activating group) is 1. The zero-order chi connectivity index (χ0) is 28.2. The molecule has 0 aliphatic carbocycles. The van der Waals surface area contributed by atoms with Crippen molar-refractivity contribution in [3.63, 3.8) is 0 Å². The molecule has 1 saturated heterocycles. The number of carbonyl (C=O) groups is 4. The molecule has 1 N–H and O–H groups in total. The van der Waals surface area contributed by atoms with E-state index in [0.29, 0.717) is 18.5 Å². The van der Waals surface area contributed by atoms with Crippen LogP contribution in [0.1, 0.15) is 27.0 Å². The number of hydrogen-bond acceptors (Lipinski definition) is 6. The fraction of sp³-hybridized carbons (Fsp3) is 0.188. The van der Waals surface area contributed by atoms with Crippen LogP contribution in [0, 0.1) is 0 Å². The highest BCUT2D eigenvalue weighted by Crippen LogP contribution is 2.26. The van der Waals surface area contributed by atoms with Gasteiger partial charge in [0.1, 0.15) is 0 Å². The summed E-state index contributed by atoms with van der Waals surface area (Å²) < 4.78 is 4.79. The molecule has 1 unspecified atom stereocenters. The molecule has 1 aliphatic heterocycles. The Morgan fingerprint density at radius 2 is 1.57 bits per heavy atom. The zero-order valence-electron chi connectivity index (χ0n) is 22.2. The molecule has 0 aromatic heterocycles. The lowest BCUT2D eigenvalue weighted by Gasteiger charge is -2.18. The van der Waals surface area contributed by atoms with E-state index in [9.17, 15) is 19.2 Å². The summed E-state index contributed by atoms with van der Waals surface area (Å²) in [7, 11) is 3.16. The molecule has 1 fully saturated rings. The summed E-state index contributed by atoms with van der Waals surface area (Å²) in [6, 6.07) is 27.2. The quantitative estimate of drug-likeness (QED) is 0.295. The molecule has 3 amide bonds. The lowest BCUT2D eigenvalue weighted by molar-refractivity contribution is -0.129. The van der Waals surface area contributed by atoms with Crippen molar-refractivity contribution in [1.29, 1.82) is 0 Å². The van der Waals surface area contributed by atoms with Gasteiger partial charge in [-0.15, -0.1) is 0 Å². The SMILES string of the molecule is COC(=O)c1ccc2cc(CC(=O)N(C)Cc3cccc(-c4ccc(CC5SC(=O)NC5=O)cc4)c3)ccc2c1. The van der Waals surface area contributed by atoms with E-state index in [1.54, 1.807) is 24.1 Å². The van der Waals surface area contributed by atoms with E-state index < -0.39 is 0 Å². The average Bonchev–Trinajstić information content (AvgIpc) is 3.28. The van der Waals surface area contributed by atoms with Gasteiger partial charge in [-0.25, -0.2) is 4.79 Å². The van der Waals surface area contributed by atoms with Crippen LogP contribution < -0.4 is 5.32 Å². The standard InChI is InChI=1S/C32H28N2O5S/c1-34(29(35)17-21-8-11-26-18-27(31(37)39-2)13-12-25(26)14-21)19-22-4-3-5-24(15-22)23-9-6-20(7-10-23)16-28-30(36)33-32(38)40-28/h3-15,18,28H,16-17,19H2,1-2H3,(H,33,36,38). The van der Waals surface area contributed by atoms with Crippen LogP contribution in [0.25, 0.3) is 21.9 Å². The van der Waals surface area contributed by atoms with Gasteiger partial charge in [0.05, 0.1) is 24.3 Å². The van der Waals surface area contributed by atoms with Crippen molar-refractivity contribution in [3.05, 3.63) is 107 Å². The van der Waals surface area contributed by atoms with E-state index in [-0.39, 0.29) is 34.7 Å². The number of esters is 1. The Kier molecular flexibility index (Phi) is 7.98. The maximum atomic E-state index is 13.0. The fourth-order valence-electron chi connectivity index (χ4n) is 4.75. The number of imide groups is 1. The molecule has 4 aromatic carbocycles. The molecule has 0 radical (unpaired) electrons. The van der Waals surface area contributed by atoms with Gasteiger partial charge in [0, 0.05) is 13.6 Å². The first-order valence-corrected chi connectivity index (χ1v) is 13.7. The minimum Gasteiger partial charge on any atom is -0.465 e. The first-order valence-electron chi connectivity index (χ1n) is 12.8. The summed E-state index contributed by atoms with van der Waals surface area (Å²) >= 11 is 1.03. The van der Waals surface area contributed by atoms with Crippen LogP contribution in [-0.4, -0.2) is 47.3 Å². The van der Waals surface area contributed by atoms with Crippen LogP contribution >= 0.6 is 11.8 Å². The Labute approximate surface area is 236 Å². The highest BCUT2D eigenvalue weighted by atomic mass is 32.2. The molecule has 1 aliphatic rings. The van der Waals surface area contributed by atoms with Crippen LogP contribution in [-0.2, 0) is 33.7 Å². The summed E-state index contributed by atoms with van der Waals surface area (Å²) in [5.74, 6) is -0.607. The number of ether oxygens (including phenoxy) is 1. The number of rotatable bonds is 8. The second-order valence-electron chi connectivity index (χ2n) is 9.80. The van der Waals surface area contributed by atoms with Gasteiger partial charge in [-0.3, -0.25) is 19.7 Å². The van der Waals surface area contributed by atoms with E-state index >= 15 is 0 Å². The van der Waals surface area contributed by atoms with E-state index in [2.05, 4.69) is 11.4 Å². The maximum absolute atomic E-state index is 13.0. The smallest absolute Gasteiger partial charge is 0.337 e. The second-order valence-corrected chi connectivity index (χ2v) is 11.0. The van der Waals surface area contributed by atoms with Crippen LogP contribution in [0.15, 0.2) is 84.9 Å². The van der Waals surface area contributed by atoms with Gasteiger partial charge in [-0.2, -0.15) is 0 Å². The molecule has 0 saturated carbocycles. The maximum Gasteiger partial charge on any atom is 0.337 e. The van der Waals surface area contributed by atoms with Gasteiger partial charge in [-0.1, -0.05) is 78.5 Å². The van der Waals surface area contributed by atoms with Gasteiger partial charge in [-0.05, 0) is 63.2 Å². The number of amides is 3. The van der Waals surface area contributed by atoms with Crippen molar-refractivity contribution in [1.82, 2.24) is 10.2 Å². The Bertz CT molecular complexity index is 1620. The molecule has 7 nitrogen and oxygen atoms in total. The number of nitrogens with one attached hydrogen (secondary N) is 1. The predicted molar refractivity (Wildman–Crippen MR) is 156 cm³/mol. The van der Waals surface area contributed by atoms with Gasteiger partial charge in [0.15, 0.2) is 0 Å². The fourth-order valence-corrected chi connectivity index (χ4v) is 5.61. The monoisotopic (exact) mass is 552 g/mol. The van der Waals surface area contributed by atoms with E-state index in [1.165, 1.54) is 7.11 Å². The summed E-state index contributed by atoms with van der Waals surface area (Å²) in [6.07, 6.45) is 0.774. The molecule has 5 rings (SSSR count). The predicted octanol–water partition coefficient (Wildman–Crippen LogP) is 5.39. The number of carbonyl (C=O) groups excluding carboxylic acids is 4. The topological polar surface area (TPSA) is 92.8 Å². The normalized spacial score (nSPS) is 14.7. The third-order valence-electron chi connectivity index (χ3n) is 6.93. The molecule has 0 bridgehead atoms. The van der Waals surface area contributed by atoms with Crippen molar-refractivity contribution in [3.8, 4) is 11.1 Å². The summed E-state index contributed by atoms with van der Waals surface area (Å²) in [5, 5.41) is 3.52. The number of hydrogen-bond donors (Lipinski definition) is 1. The number of methoxy groups -OCH3 is 1. The number of nitrogens with zero attached hydrogens (tertiary/aromatic N) is 1. The van der Waals surface area contributed by atoms with Crippen molar-refractivity contribution in [2.24, 2.45) is 0 Å². The van der Waals surface area contributed by atoms with Crippen LogP contribution in [0.4, 0.5) is 4.79 Å². The largest absolute Gasteiger partial charge is 0.465 e. The molecule has 0 spiro atoms. The molecule has 4 aromatic rings. The molecule has 202 valence electrons. The van der Waals surface area contributed by atoms with Crippen molar-refractivity contribution >= 4 is 45.6 Å². The Balaban J connectivity index is 1.21. The molecule has 1 atom stereocenters. The number of fused-ring (bicyclic) bond motifs is 1. The van der Waals surface area contributed by atoms with E-state index in [4.69, 9.17) is 4.74 Å². The molecular weight excluding hydrogens is 524 g/mol. The Hall–Kier alpha value is -4.43. The lowest BCUT2D eigenvalue weighted by atomic mass is 10.00. The number of benzene rings is 4.